The Kier molecular flexibility index (Phi) is 4.18. The molecule has 1 unspecified atom stereocenters. The molecule has 1 heterocycles. The van der Waals surface area contributed by atoms with Gasteiger partial charge >= 0.3 is 0 Å². The van der Waals surface area contributed by atoms with Gasteiger partial charge in [-0.3, -0.25) is 4.68 Å². The van der Waals surface area contributed by atoms with Crippen molar-refractivity contribution in [3.05, 3.63) is 5.69 Å². The maximum absolute atomic E-state index is 9.17. The first kappa shape index (κ1) is 12.8. The summed E-state index contributed by atoms with van der Waals surface area (Å²) in [5, 5.41) is 16.7. The highest BCUT2D eigenvalue weighted by atomic mass is 16.3. The molecule has 1 atom stereocenters. The Hall–Kier alpha value is -1.23. The van der Waals surface area contributed by atoms with Gasteiger partial charge in [0, 0.05) is 13.6 Å². The number of aliphatic hydroxyl groups excluding tert-OH is 1. The summed E-state index contributed by atoms with van der Waals surface area (Å²) in [6.45, 7) is 6.60. The van der Waals surface area contributed by atoms with Crippen LogP contribution in [0.4, 0.5) is 11.5 Å². The van der Waals surface area contributed by atoms with E-state index in [1.54, 1.807) is 11.6 Å². The van der Waals surface area contributed by atoms with Crippen LogP contribution in [0, 0.1) is 0 Å². The van der Waals surface area contributed by atoms with Gasteiger partial charge in [0.25, 0.3) is 0 Å². The summed E-state index contributed by atoms with van der Waals surface area (Å²) < 4.78 is 1.76. The lowest BCUT2D eigenvalue weighted by Gasteiger charge is -2.09. The minimum atomic E-state index is -0.300. The maximum Gasteiger partial charge on any atom is 0.147 e. The third-order valence-electron chi connectivity index (χ3n) is 2.51. The summed E-state index contributed by atoms with van der Waals surface area (Å²) in [6.07, 6.45) is 0.397. The first-order valence-corrected chi connectivity index (χ1v) is 5.67. The first-order chi connectivity index (χ1) is 7.43. The lowest BCUT2D eigenvalue weighted by Crippen LogP contribution is -2.12. The summed E-state index contributed by atoms with van der Waals surface area (Å²) in [5.41, 5.74) is 7.64. The van der Waals surface area contributed by atoms with Gasteiger partial charge in [-0.1, -0.05) is 13.8 Å². The van der Waals surface area contributed by atoms with Crippen LogP contribution in [-0.4, -0.2) is 27.5 Å². The molecule has 16 heavy (non-hydrogen) atoms. The van der Waals surface area contributed by atoms with E-state index >= 15 is 0 Å². The smallest absolute Gasteiger partial charge is 0.147 e. The number of nitrogen functional groups attached to an aromatic ring is 1. The molecule has 5 heteroatoms. The molecule has 0 radical (unpaired) electrons. The molecule has 0 spiro atoms. The predicted molar refractivity (Wildman–Crippen MR) is 66.5 cm³/mol. The van der Waals surface area contributed by atoms with E-state index in [0.29, 0.717) is 24.6 Å². The number of nitrogens with zero attached hydrogens (tertiary/aromatic N) is 2. The Morgan fingerprint density at radius 1 is 1.44 bits per heavy atom. The van der Waals surface area contributed by atoms with E-state index in [1.165, 1.54) is 0 Å². The van der Waals surface area contributed by atoms with Gasteiger partial charge in [0.1, 0.15) is 5.82 Å². The third kappa shape index (κ3) is 2.88. The van der Waals surface area contributed by atoms with Crippen LogP contribution in [0.25, 0.3) is 0 Å². The molecule has 0 saturated carbocycles. The van der Waals surface area contributed by atoms with Crippen LogP contribution >= 0.6 is 0 Å². The van der Waals surface area contributed by atoms with E-state index in [4.69, 9.17) is 10.8 Å². The molecular formula is C11H22N4O. The summed E-state index contributed by atoms with van der Waals surface area (Å²) in [4.78, 5) is 0. The molecule has 0 aliphatic heterocycles. The standard InChI is InChI=1S/C11H22N4O/c1-7(2)10-9(12)11(15(4)14-10)13-6-5-8(3)16/h7-8,13,16H,5-6,12H2,1-4H3. The van der Waals surface area contributed by atoms with Gasteiger partial charge in [-0.15, -0.1) is 0 Å². The van der Waals surface area contributed by atoms with Crippen molar-refractivity contribution in [2.45, 2.75) is 39.2 Å². The van der Waals surface area contributed by atoms with Crippen LogP contribution < -0.4 is 11.1 Å². The van der Waals surface area contributed by atoms with E-state index in [1.807, 2.05) is 7.05 Å². The van der Waals surface area contributed by atoms with E-state index < -0.39 is 0 Å². The number of hydrogen-bond acceptors (Lipinski definition) is 4. The summed E-state index contributed by atoms with van der Waals surface area (Å²) in [7, 11) is 1.87. The average Bonchev–Trinajstić information content (AvgIpc) is 2.44. The van der Waals surface area contributed by atoms with Crippen molar-refractivity contribution in [1.82, 2.24) is 9.78 Å². The minimum Gasteiger partial charge on any atom is -0.394 e. The van der Waals surface area contributed by atoms with Gasteiger partial charge in [-0.25, -0.2) is 0 Å². The van der Waals surface area contributed by atoms with Gasteiger partial charge in [0.05, 0.1) is 17.5 Å². The van der Waals surface area contributed by atoms with Gasteiger partial charge in [-0.05, 0) is 19.3 Å². The number of aromatic nitrogens is 2. The Bertz CT molecular complexity index is 344. The van der Waals surface area contributed by atoms with Crippen LogP contribution in [0.2, 0.25) is 0 Å². The van der Waals surface area contributed by atoms with E-state index in [0.717, 1.165) is 11.5 Å². The van der Waals surface area contributed by atoms with Gasteiger partial charge in [0.15, 0.2) is 0 Å². The number of nitrogens with one attached hydrogen (secondary N) is 1. The maximum atomic E-state index is 9.17. The van der Waals surface area contributed by atoms with E-state index in [-0.39, 0.29) is 6.10 Å². The molecular weight excluding hydrogens is 204 g/mol. The Morgan fingerprint density at radius 2 is 2.06 bits per heavy atom. The molecule has 0 fully saturated rings. The molecule has 5 nitrogen and oxygen atoms in total. The highest BCUT2D eigenvalue weighted by molar-refractivity contribution is 5.65. The highest BCUT2D eigenvalue weighted by Crippen LogP contribution is 2.27. The predicted octanol–water partition coefficient (Wildman–Crippen LogP) is 1.31. The topological polar surface area (TPSA) is 76.1 Å². The minimum absolute atomic E-state index is 0.300. The zero-order chi connectivity index (χ0) is 12.3. The zero-order valence-corrected chi connectivity index (χ0v) is 10.5. The second kappa shape index (κ2) is 5.21. The van der Waals surface area contributed by atoms with Gasteiger partial charge in [0.2, 0.25) is 0 Å². The highest BCUT2D eigenvalue weighted by Gasteiger charge is 2.15. The second-order valence-electron chi connectivity index (χ2n) is 4.49. The van der Waals surface area contributed by atoms with Crippen molar-refractivity contribution in [2.75, 3.05) is 17.6 Å². The second-order valence-corrected chi connectivity index (χ2v) is 4.49. The van der Waals surface area contributed by atoms with Crippen molar-refractivity contribution < 1.29 is 5.11 Å². The molecule has 0 aliphatic carbocycles. The lowest BCUT2D eigenvalue weighted by atomic mass is 10.1. The molecule has 4 N–H and O–H groups in total. The fraction of sp³-hybridized carbons (Fsp3) is 0.727. The van der Waals surface area contributed by atoms with Crippen molar-refractivity contribution in [3.63, 3.8) is 0 Å². The van der Waals surface area contributed by atoms with Crippen LogP contribution in [0.3, 0.4) is 0 Å². The monoisotopic (exact) mass is 226 g/mol. The third-order valence-corrected chi connectivity index (χ3v) is 2.51. The number of aliphatic hydroxyl groups is 1. The molecule has 0 bridgehead atoms. The van der Waals surface area contributed by atoms with Crippen molar-refractivity contribution in [2.24, 2.45) is 7.05 Å². The SMILES string of the molecule is CC(O)CCNc1c(N)c(C(C)C)nn1C. The van der Waals surface area contributed by atoms with Crippen LogP contribution in [-0.2, 0) is 7.05 Å². The largest absolute Gasteiger partial charge is 0.394 e. The molecule has 1 aromatic rings. The normalized spacial score (nSPS) is 13.1. The summed E-state index contributed by atoms with van der Waals surface area (Å²) >= 11 is 0. The number of hydrogen-bond donors (Lipinski definition) is 3. The zero-order valence-electron chi connectivity index (χ0n) is 10.5. The molecule has 0 aromatic carbocycles. The fourth-order valence-corrected chi connectivity index (χ4v) is 1.60. The summed E-state index contributed by atoms with van der Waals surface area (Å²) in [5.74, 6) is 1.16. The first-order valence-electron chi connectivity index (χ1n) is 5.67. The van der Waals surface area contributed by atoms with Crippen molar-refractivity contribution in [3.8, 4) is 0 Å². The van der Waals surface area contributed by atoms with Gasteiger partial charge in [-0.2, -0.15) is 5.10 Å². The van der Waals surface area contributed by atoms with Gasteiger partial charge < -0.3 is 16.2 Å². The van der Waals surface area contributed by atoms with E-state index in [2.05, 4.69) is 24.3 Å². The van der Waals surface area contributed by atoms with Crippen LogP contribution in [0.1, 0.15) is 38.8 Å². The number of rotatable bonds is 5. The molecule has 92 valence electrons. The Balaban J connectivity index is 2.72. The van der Waals surface area contributed by atoms with Crippen molar-refractivity contribution >= 4 is 11.5 Å². The molecule has 1 rings (SSSR count). The van der Waals surface area contributed by atoms with Crippen LogP contribution in [0.15, 0.2) is 0 Å². The Morgan fingerprint density at radius 3 is 2.50 bits per heavy atom. The molecule has 0 aliphatic rings. The average molecular weight is 226 g/mol. The quantitative estimate of drug-likeness (QED) is 0.707. The molecule has 0 saturated heterocycles. The number of anilines is 2. The fourth-order valence-electron chi connectivity index (χ4n) is 1.60. The van der Waals surface area contributed by atoms with Crippen LogP contribution in [0.5, 0.6) is 0 Å². The molecule has 1 aromatic heterocycles. The Labute approximate surface area is 96.6 Å². The lowest BCUT2D eigenvalue weighted by molar-refractivity contribution is 0.188. The van der Waals surface area contributed by atoms with E-state index in [9.17, 15) is 0 Å². The molecule has 0 amide bonds. The summed E-state index contributed by atoms with van der Waals surface area (Å²) in [6, 6.07) is 0. The van der Waals surface area contributed by atoms with Crippen molar-refractivity contribution in [1.29, 1.82) is 0 Å². The number of nitrogens with two attached hydrogens (primary N) is 1. The number of aryl methyl sites for hydroxylation is 1.